The molecule has 0 aliphatic carbocycles. The van der Waals surface area contributed by atoms with Crippen molar-refractivity contribution in [1.29, 1.82) is 0 Å². The summed E-state index contributed by atoms with van der Waals surface area (Å²) >= 11 is 0. The molecule has 0 radical (unpaired) electrons. The van der Waals surface area contributed by atoms with Gasteiger partial charge in [0.1, 0.15) is 17.6 Å². The van der Waals surface area contributed by atoms with Gasteiger partial charge in [0.15, 0.2) is 0 Å². The monoisotopic (exact) mass is 300 g/mol. The number of carbonyl (C=O) groups is 2. The van der Waals surface area contributed by atoms with Gasteiger partial charge in [0.25, 0.3) is 0 Å². The van der Waals surface area contributed by atoms with Crippen LogP contribution in [0.2, 0.25) is 0 Å². The van der Waals surface area contributed by atoms with E-state index in [9.17, 15) is 14.0 Å². The molecule has 3 rings (SSSR count). The van der Waals surface area contributed by atoms with E-state index in [-0.39, 0.29) is 0 Å². The maximum atomic E-state index is 13.3. The van der Waals surface area contributed by atoms with Crippen molar-refractivity contribution in [1.82, 2.24) is 9.80 Å². The predicted molar refractivity (Wildman–Crippen MR) is 79.5 cm³/mol. The highest BCUT2D eigenvalue weighted by Crippen LogP contribution is 2.24. The van der Waals surface area contributed by atoms with Crippen molar-refractivity contribution in [3.63, 3.8) is 0 Å². The first-order valence-corrected chi connectivity index (χ1v) is 6.62. The molecule has 0 aromatic heterocycles. The third-order valence-electron chi connectivity index (χ3n) is 3.57. The van der Waals surface area contributed by atoms with E-state index in [0.717, 1.165) is 4.90 Å². The van der Waals surface area contributed by atoms with Crippen molar-refractivity contribution in [3.8, 4) is 0 Å². The number of benzene rings is 1. The first-order chi connectivity index (χ1) is 10.5. The topological polar surface area (TPSA) is 65.3 Å². The zero-order valence-corrected chi connectivity index (χ0v) is 12.0. The molecule has 2 heterocycles. The van der Waals surface area contributed by atoms with Crippen molar-refractivity contribution in [2.75, 3.05) is 14.1 Å². The summed E-state index contributed by atoms with van der Waals surface area (Å²) in [6, 6.07) is 5.33. The first-order valence-electron chi connectivity index (χ1n) is 6.62. The van der Waals surface area contributed by atoms with E-state index in [4.69, 9.17) is 0 Å². The van der Waals surface area contributed by atoms with E-state index < -0.39 is 23.7 Å². The molecule has 0 spiro atoms. The van der Waals surface area contributed by atoms with Gasteiger partial charge in [-0.25, -0.2) is 14.2 Å². The smallest absolute Gasteiger partial charge is 0.284 e. The molecular weight excluding hydrogens is 287 g/mol. The fourth-order valence-corrected chi connectivity index (χ4v) is 2.42. The molecule has 3 amide bonds. The lowest BCUT2D eigenvalue weighted by molar-refractivity contribution is -0.128. The van der Waals surface area contributed by atoms with Gasteiger partial charge in [-0.15, -0.1) is 0 Å². The van der Waals surface area contributed by atoms with E-state index in [2.05, 4.69) is 9.98 Å². The van der Waals surface area contributed by atoms with Gasteiger partial charge in [-0.3, -0.25) is 19.6 Å². The number of urea groups is 1. The Labute approximate surface area is 126 Å². The molecular formula is C15H13FN4O2. The lowest BCUT2D eigenvalue weighted by Gasteiger charge is -2.36. The predicted octanol–water partition coefficient (Wildman–Crippen LogP) is 1.96. The van der Waals surface area contributed by atoms with E-state index in [1.165, 1.54) is 30.3 Å². The van der Waals surface area contributed by atoms with Gasteiger partial charge in [0, 0.05) is 20.3 Å². The molecule has 112 valence electrons. The summed E-state index contributed by atoms with van der Waals surface area (Å²) in [7, 11) is 2.96. The van der Waals surface area contributed by atoms with Crippen LogP contribution in [0.4, 0.5) is 14.9 Å². The molecule has 0 saturated carbocycles. The number of rotatable bonds is 1. The van der Waals surface area contributed by atoms with Crippen LogP contribution >= 0.6 is 0 Å². The van der Waals surface area contributed by atoms with Crippen molar-refractivity contribution >= 4 is 29.2 Å². The number of hydrogen-bond acceptors (Lipinski definition) is 4. The molecule has 0 N–H and O–H groups in total. The van der Waals surface area contributed by atoms with Gasteiger partial charge in [-0.1, -0.05) is 6.07 Å². The van der Waals surface area contributed by atoms with Gasteiger partial charge in [0.05, 0.1) is 11.4 Å². The molecule has 22 heavy (non-hydrogen) atoms. The molecule has 7 heteroatoms. The number of nitrogens with zero attached hydrogens (tertiary/aromatic N) is 4. The average molecular weight is 300 g/mol. The van der Waals surface area contributed by atoms with Crippen LogP contribution in [0.5, 0.6) is 0 Å². The van der Waals surface area contributed by atoms with Crippen LogP contribution in [-0.4, -0.2) is 47.4 Å². The second kappa shape index (κ2) is 5.18. The molecule has 1 unspecified atom stereocenters. The maximum Gasteiger partial charge on any atom is 0.331 e. The molecule has 0 bridgehead atoms. The van der Waals surface area contributed by atoms with Crippen LogP contribution in [0.3, 0.4) is 0 Å². The number of halogens is 1. The van der Waals surface area contributed by atoms with Crippen LogP contribution in [0.15, 0.2) is 46.5 Å². The molecule has 1 aromatic carbocycles. The van der Waals surface area contributed by atoms with E-state index >= 15 is 0 Å². The Hall–Kier alpha value is -2.83. The SMILES string of the molecule is CN1C(=O)C2C(=Nc3cccc(F)c3)C=CN=C2N(C)C1=O. The van der Waals surface area contributed by atoms with Crippen molar-refractivity contribution in [2.24, 2.45) is 15.9 Å². The number of imide groups is 1. The van der Waals surface area contributed by atoms with Crippen LogP contribution in [0, 0.1) is 11.7 Å². The van der Waals surface area contributed by atoms with Crippen molar-refractivity contribution in [2.45, 2.75) is 0 Å². The third-order valence-corrected chi connectivity index (χ3v) is 3.57. The van der Waals surface area contributed by atoms with Crippen LogP contribution < -0.4 is 0 Å². The Morgan fingerprint density at radius 3 is 2.73 bits per heavy atom. The summed E-state index contributed by atoms with van der Waals surface area (Å²) in [5.74, 6) is -1.25. The zero-order chi connectivity index (χ0) is 15.9. The molecule has 6 nitrogen and oxygen atoms in total. The fraction of sp³-hybridized carbons (Fsp3) is 0.200. The maximum absolute atomic E-state index is 13.3. The standard InChI is InChI=1S/C15H13FN4O2/c1-19-13-12(14(21)20(2)15(19)22)11(6-7-17-13)18-10-5-3-4-9(16)8-10/h3-8,12H,1-2H3. The molecule has 1 fully saturated rings. The number of carbonyl (C=O) groups excluding carboxylic acids is 2. The highest BCUT2D eigenvalue weighted by molar-refractivity contribution is 6.32. The average Bonchev–Trinajstić information content (AvgIpc) is 2.50. The molecule has 1 saturated heterocycles. The molecule has 1 atom stereocenters. The Balaban J connectivity index is 2.05. The minimum Gasteiger partial charge on any atom is -0.284 e. The Bertz CT molecular complexity index is 754. The van der Waals surface area contributed by atoms with Gasteiger partial charge in [-0.05, 0) is 24.3 Å². The van der Waals surface area contributed by atoms with Gasteiger partial charge in [0.2, 0.25) is 5.91 Å². The van der Waals surface area contributed by atoms with Gasteiger partial charge < -0.3 is 0 Å². The highest BCUT2D eigenvalue weighted by atomic mass is 19.1. The van der Waals surface area contributed by atoms with Crippen molar-refractivity contribution in [3.05, 3.63) is 42.4 Å². The summed E-state index contributed by atoms with van der Waals surface area (Å²) in [6.45, 7) is 0. The Morgan fingerprint density at radius 1 is 1.23 bits per heavy atom. The number of amides is 3. The summed E-state index contributed by atoms with van der Waals surface area (Å²) in [6.07, 6.45) is 3.07. The number of amidine groups is 1. The summed E-state index contributed by atoms with van der Waals surface area (Å²) in [4.78, 5) is 35.1. The summed E-state index contributed by atoms with van der Waals surface area (Å²) < 4.78 is 13.3. The quantitative estimate of drug-likeness (QED) is 0.796. The van der Waals surface area contributed by atoms with Gasteiger partial charge >= 0.3 is 6.03 Å². The fourth-order valence-electron chi connectivity index (χ4n) is 2.42. The first kappa shape index (κ1) is 14.1. The molecule has 2 aliphatic heterocycles. The minimum atomic E-state index is -0.763. The summed E-state index contributed by atoms with van der Waals surface area (Å²) in [5.41, 5.74) is 0.822. The molecule has 2 aliphatic rings. The van der Waals surface area contributed by atoms with E-state index in [1.54, 1.807) is 25.3 Å². The lowest BCUT2D eigenvalue weighted by atomic mass is 9.95. The lowest BCUT2D eigenvalue weighted by Crippen LogP contribution is -2.59. The van der Waals surface area contributed by atoms with Crippen molar-refractivity contribution < 1.29 is 14.0 Å². The number of hydrogen-bond donors (Lipinski definition) is 0. The zero-order valence-electron chi connectivity index (χ0n) is 12.0. The minimum absolute atomic E-state index is 0.325. The molecule has 1 aromatic rings. The highest BCUT2D eigenvalue weighted by Gasteiger charge is 2.43. The summed E-state index contributed by atoms with van der Waals surface area (Å²) in [5, 5.41) is 0. The second-order valence-electron chi connectivity index (χ2n) is 4.99. The van der Waals surface area contributed by atoms with Crippen LogP contribution in [-0.2, 0) is 4.79 Å². The van der Waals surface area contributed by atoms with E-state index in [0.29, 0.717) is 17.2 Å². The van der Waals surface area contributed by atoms with E-state index in [1.807, 2.05) is 0 Å². The van der Waals surface area contributed by atoms with Crippen LogP contribution in [0.1, 0.15) is 0 Å². The number of aliphatic imine (C=N–C) groups is 2. The van der Waals surface area contributed by atoms with Gasteiger partial charge in [-0.2, -0.15) is 0 Å². The normalized spacial score (nSPS) is 23.0. The number of allylic oxidation sites excluding steroid dienone is 1. The third kappa shape index (κ3) is 2.20. The largest absolute Gasteiger partial charge is 0.331 e. The second-order valence-corrected chi connectivity index (χ2v) is 4.99. The van der Waals surface area contributed by atoms with Crippen LogP contribution in [0.25, 0.3) is 0 Å². The number of fused-ring (bicyclic) bond motifs is 1. The Morgan fingerprint density at radius 2 is 2.00 bits per heavy atom. The Kier molecular flexibility index (Phi) is 3.32.